The van der Waals surface area contributed by atoms with Gasteiger partial charge in [0.05, 0.1) is 17.7 Å². The van der Waals surface area contributed by atoms with Crippen LogP contribution >= 0.6 is 11.6 Å². The van der Waals surface area contributed by atoms with E-state index in [4.69, 9.17) is 16.9 Å². The fourth-order valence-corrected chi connectivity index (χ4v) is 1.53. The van der Waals surface area contributed by atoms with Gasteiger partial charge in [-0.05, 0) is 24.1 Å². The number of halogens is 1. The van der Waals surface area contributed by atoms with Crippen molar-refractivity contribution >= 4 is 11.6 Å². The van der Waals surface area contributed by atoms with E-state index in [1.807, 2.05) is 19.1 Å². The predicted octanol–water partition coefficient (Wildman–Crippen LogP) is 2.07. The third kappa shape index (κ3) is 3.82. The van der Waals surface area contributed by atoms with Gasteiger partial charge < -0.3 is 10.4 Å². The quantitative estimate of drug-likeness (QED) is 0.826. The third-order valence-electron chi connectivity index (χ3n) is 2.35. The summed E-state index contributed by atoms with van der Waals surface area (Å²) >= 11 is 6.00. The van der Waals surface area contributed by atoms with Gasteiger partial charge in [-0.2, -0.15) is 5.26 Å². The number of hydrogen-bond donors (Lipinski definition) is 2. The van der Waals surface area contributed by atoms with Crippen molar-refractivity contribution in [1.82, 2.24) is 5.32 Å². The first-order valence-electron chi connectivity index (χ1n) is 5.24. The fourth-order valence-electron chi connectivity index (χ4n) is 1.28. The minimum Gasteiger partial charge on any atom is -0.392 e. The van der Waals surface area contributed by atoms with Crippen LogP contribution < -0.4 is 5.32 Å². The van der Waals surface area contributed by atoms with Gasteiger partial charge in [-0.1, -0.05) is 24.6 Å². The summed E-state index contributed by atoms with van der Waals surface area (Å²) in [6, 6.07) is 7.24. The standard InChI is InChI=1S/C12H15ClN2O/c1-2-11(16)8-15-7-10-4-3-9(6-14)5-12(10)13/h3-5,11,15-16H,2,7-8H2,1H3. The maximum atomic E-state index is 9.35. The van der Waals surface area contributed by atoms with Crippen LogP contribution in [-0.4, -0.2) is 17.8 Å². The van der Waals surface area contributed by atoms with Gasteiger partial charge >= 0.3 is 0 Å². The van der Waals surface area contributed by atoms with Crippen LogP contribution in [0.2, 0.25) is 5.02 Å². The van der Waals surface area contributed by atoms with E-state index in [0.717, 1.165) is 12.0 Å². The summed E-state index contributed by atoms with van der Waals surface area (Å²) < 4.78 is 0. The van der Waals surface area contributed by atoms with Crippen molar-refractivity contribution in [1.29, 1.82) is 5.26 Å². The fraction of sp³-hybridized carbons (Fsp3) is 0.417. The molecule has 0 spiro atoms. The summed E-state index contributed by atoms with van der Waals surface area (Å²) in [4.78, 5) is 0. The van der Waals surface area contributed by atoms with E-state index in [0.29, 0.717) is 23.7 Å². The van der Waals surface area contributed by atoms with Crippen LogP contribution in [0.1, 0.15) is 24.5 Å². The molecule has 1 aromatic rings. The molecule has 1 aromatic carbocycles. The Kier molecular flexibility index (Phi) is 5.27. The second kappa shape index (κ2) is 6.49. The molecule has 0 fully saturated rings. The molecule has 2 N–H and O–H groups in total. The van der Waals surface area contributed by atoms with Gasteiger partial charge in [0, 0.05) is 18.1 Å². The minimum absolute atomic E-state index is 0.322. The second-order valence-corrected chi connectivity index (χ2v) is 4.02. The molecular weight excluding hydrogens is 224 g/mol. The lowest BCUT2D eigenvalue weighted by atomic mass is 10.1. The molecule has 1 atom stereocenters. The van der Waals surface area contributed by atoms with Crippen LogP contribution in [0, 0.1) is 11.3 Å². The number of aliphatic hydroxyl groups excluding tert-OH is 1. The zero-order chi connectivity index (χ0) is 12.0. The third-order valence-corrected chi connectivity index (χ3v) is 2.70. The molecule has 0 aliphatic heterocycles. The van der Waals surface area contributed by atoms with E-state index in [9.17, 15) is 5.11 Å². The Morgan fingerprint density at radius 2 is 2.31 bits per heavy atom. The van der Waals surface area contributed by atoms with Gasteiger partial charge in [0.25, 0.3) is 0 Å². The molecule has 0 radical (unpaired) electrons. The number of benzene rings is 1. The molecule has 0 heterocycles. The van der Waals surface area contributed by atoms with Crippen molar-refractivity contribution in [3.05, 3.63) is 34.3 Å². The smallest absolute Gasteiger partial charge is 0.0992 e. The van der Waals surface area contributed by atoms with Crippen LogP contribution in [0.25, 0.3) is 0 Å². The Morgan fingerprint density at radius 3 is 2.88 bits per heavy atom. The first-order valence-corrected chi connectivity index (χ1v) is 5.62. The Bertz CT molecular complexity index is 387. The molecule has 3 nitrogen and oxygen atoms in total. The Hall–Kier alpha value is -1.08. The number of aliphatic hydroxyl groups is 1. The molecule has 1 unspecified atom stereocenters. The maximum Gasteiger partial charge on any atom is 0.0992 e. The molecule has 86 valence electrons. The zero-order valence-electron chi connectivity index (χ0n) is 9.20. The number of hydrogen-bond acceptors (Lipinski definition) is 3. The number of rotatable bonds is 5. The van der Waals surface area contributed by atoms with Crippen LogP contribution in [0.15, 0.2) is 18.2 Å². The van der Waals surface area contributed by atoms with Crippen LogP contribution in [0.3, 0.4) is 0 Å². The molecule has 0 saturated carbocycles. The highest BCUT2D eigenvalue weighted by Gasteiger charge is 2.03. The summed E-state index contributed by atoms with van der Waals surface area (Å²) in [6.45, 7) is 3.08. The van der Waals surface area contributed by atoms with E-state index < -0.39 is 0 Å². The highest BCUT2D eigenvalue weighted by molar-refractivity contribution is 6.31. The lowest BCUT2D eigenvalue weighted by Crippen LogP contribution is -2.25. The highest BCUT2D eigenvalue weighted by Crippen LogP contribution is 2.17. The normalized spacial score (nSPS) is 12.1. The molecule has 0 aliphatic rings. The van der Waals surface area contributed by atoms with Gasteiger partial charge in [0.15, 0.2) is 0 Å². The van der Waals surface area contributed by atoms with Crippen molar-refractivity contribution in [3.63, 3.8) is 0 Å². The van der Waals surface area contributed by atoms with Crippen molar-refractivity contribution in [2.45, 2.75) is 26.0 Å². The van der Waals surface area contributed by atoms with Gasteiger partial charge in [-0.3, -0.25) is 0 Å². The van der Waals surface area contributed by atoms with Crippen molar-refractivity contribution in [2.75, 3.05) is 6.54 Å². The predicted molar refractivity (Wildman–Crippen MR) is 64.2 cm³/mol. The lowest BCUT2D eigenvalue weighted by molar-refractivity contribution is 0.167. The zero-order valence-corrected chi connectivity index (χ0v) is 9.96. The largest absolute Gasteiger partial charge is 0.392 e. The van der Waals surface area contributed by atoms with Crippen molar-refractivity contribution in [2.24, 2.45) is 0 Å². The number of nitrogens with one attached hydrogen (secondary N) is 1. The minimum atomic E-state index is -0.322. The Balaban J connectivity index is 2.52. The van der Waals surface area contributed by atoms with Crippen molar-refractivity contribution < 1.29 is 5.11 Å². The van der Waals surface area contributed by atoms with E-state index in [1.54, 1.807) is 12.1 Å². The monoisotopic (exact) mass is 238 g/mol. The van der Waals surface area contributed by atoms with Crippen LogP contribution in [-0.2, 0) is 6.54 Å². The van der Waals surface area contributed by atoms with Crippen LogP contribution in [0.4, 0.5) is 0 Å². The second-order valence-electron chi connectivity index (χ2n) is 3.61. The van der Waals surface area contributed by atoms with Gasteiger partial charge in [0.2, 0.25) is 0 Å². The topological polar surface area (TPSA) is 56.0 Å². The molecule has 0 aliphatic carbocycles. The summed E-state index contributed by atoms with van der Waals surface area (Å²) in [7, 11) is 0. The van der Waals surface area contributed by atoms with Crippen molar-refractivity contribution in [3.8, 4) is 6.07 Å². The first kappa shape index (κ1) is 13.0. The molecule has 4 heteroatoms. The van der Waals surface area contributed by atoms with E-state index >= 15 is 0 Å². The average Bonchev–Trinajstić information content (AvgIpc) is 2.30. The molecular formula is C12H15ClN2O. The van der Waals surface area contributed by atoms with E-state index in [1.165, 1.54) is 0 Å². The first-order chi connectivity index (χ1) is 7.67. The molecule has 0 amide bonds. The Labute approximate surface area is 101 Å². The molecule has 0 aromatic heterocycles. The van der Waals surface area contributed by atoms with E-state index in [2.05, 4.69) is 5.32 Å². The molecule has 0 saturated heterocycles. The molecule has 16 heavy (non-hydrogen) atoms. The summed E-state index contributed by atoms with van der Waals surface area (Å²) in [5, 5.41) is 21.7. The summed E-state index contributed by atoms with van der Waals surface area (Å²) in [6.07, 6.45) is 0.408. The summed E-state index contributed by atoms with van der Waals surface area (Å²) in [5.41, 5.74) is 1.49. The summed E-state index contributed by atoms with van der Waals surface area (Å²) in [5.74, 6) is 0. The molecule has 0 bridgehead atoms. The van der Waals surface area contributed by atoms with E-state index in [-0.39, 0.29) is 6.10 Å². The highest BCUT2D eigenvalue weighted by atomic mass is 35.5. The Morgan fingerprint density at radius 1 is 1.56 bits per heavy atom. The maximum absolute atomic E-state index is 9.35. The number of nitrogens with zero attached hydrogens (tertiary/aromatic N) is 1. The van der Waals surface area contributed by atoms with Gasteiger partial charge in [0.1, 0.15) is 0 Å². The molecule has 1 rings (SSSR count). The number of nitriles is 1. The van der Waals surface area contributed by atoms with Gasteiger partial charge in [-0.25, -0.2) is 0 Å². The average molecular weight is 239 g/mol. The van der Waals surface area contributed by atoms with Gasteiger partial charge in [-0.15, -0.1) is 0 Å². The lowest BCUT2D eigenvalue weighted by Gasteiger charge is -2.10. The van der Waals surface area contributed by atoms with Crippen LogP contribution in [0.5, 0.6) is 0 Å². The SMILES string of the molecule is CCC(O)CNCc1ccc(C#N)cc1Cl.